The molecule has 21 heavy (non-hydrogen) atoms. The normalized spacial score (nSPS) is 16.6. The van der Waals surface area contributed by atoms with Gasteiger partial charge in [-0.1, -0.05) is 91.8 Å². The van der Waals surface area contributed by atoms with E-state index in [2.05, 4.69) is 72.6 Å². The van der Waals surface area contributed by atoms with Crippen molar-refractivity contribution in [1.29, 1.82) is 0 Å². The van der Waals surface area contributed by atoms with Gasteiger partial charge in [0.2, 0.25) is 0 Å². The van der Waals surface area contributed by atoms with Gasteiger partial charge < -0.3 is 0 Å². The van der Waals surface area contributed by atoms with Crippen LogP contribution in [-0.2, 0) is 0 Å². The zero-order chi connectivity index (χ0) is 14.3. The molecule has 1 aliphatic carbocycles. The minimum Gasteiger partial charge on any atom is -0.0803 e. The van der Waals surface area contributed by atoms with Gasteiger partial charge in [-0.15, -0.1) is 0 Å². The molecule has 0 amide bonds. The van der Waals surface area contributed by atoms with Crippen molar-refractivity contribution in [3.05, 3.63) is 72.6 Å². The molecule has 1 heteroatoms. The van der Waals surface area contributed by atoms with Crippen molar-refractivity contribution in [3.63, 3.8) is 0 Å². The van der Waals surface area contributed by atoms with Crippen molar-refractivity contribution < 1.29 is 0 Å². The molecule has 0 aliphatic heterocycles. The highest BCUT2D eigenvalue weighted by atomic mass is 31.1. The van der Waals surface area contributed by atoms with Crippen LogP contribution in [0.25, 0.3) is 0 Å². The molecule has 1 saturated carbocycles. The van der Waals surface area contributed by atoms with Crippen molar-refractivity contribution in [2.75, 3.05) is 0 Å². The Morgan fingerprint density at radius 3 is 1.76 bits per heavy atom. The Balaban J connectivity index is 1.84. The summed E-state index contributed by atoms with van der Waals surface area (Å²) < 4.78 is 0. The van der Waals surface area contributed by atoms with E-state index < -0.39 is 0 Å². The molecular formula is C20H23P. The largest absolute Gasteiger partial charge is 0.0803 e. The van der Waals surface area contributed by atoms with Crippen molar-refractivity contribution in [1.82, 2.24) is 0 Å². The molecule has 1 aliphatic rings. The molecule has 0 aromatic heterocycles. The highest BCUT2D eigenvalue weighted by Gasteiger charge is 2.13. The minimum atomic E-state index is -0.356. The quantitative estimate of drug-likeness (QED) is 0.679. The molecule has 2 aromatic carbocycles. The van der Waals surface area contributed by atoms with Gasteiger partial charge in [-0.2, -0.15) is 0 Å². The third-order valence-corrected chi connectivity index (χ3v) is 6.41. The van der Waals surface area contributed by atoms with E-state index in [9.17, 15) is 0 Å². The fourth-order valence-electron chi connectivity index (χ4n) is 3.03. The number of allylic oxidation sites excluding steroid dienone is 1. The van der Waals surface area contributed by atoms with E-state index in [-0.39, 0.29) is 7.92 Å². The summed E-state index contributed by atoms with van der Waals surface area (Å²) in [6.07, 6.45) is 9.50. The number of benzene rings is 2. The first-order valence-electron chi connectivity index (χ1n) is 8.01. The van der Waals surface area contributed by atoms with Gasteiger partial charge in [-0.05, 0) is 37.3 Å². The van der Waals surface area contributed by atoms with E-state index in [4.69, 9.17) is 0 Å². The maximum atomic E-state index is 2.50. The summed E-state index contributed by atoms with van der Waals surface area (Å²) in [4.78, 5) is 0. The Labute approximate surface area is 129 Å². The molecular weight excluding hydrogens is 271 g/mol. The summed E-state index contributed by atoms with van der Waals surface area (Å²) >= 11 is 0. The predicted octanol–water partition coefficient (Wildman–Crippen LogP) is 5.21. The fourth-order valence-corrected chi connectivity index (χ4v) is 5.08. The van der Waals surface area contributed by atoms with Crippen LogP contribution < -0.4 is 10.6 Å². The predicted molar refractivity (Wildman–Crippen MR) is 94.8 cm³/mol. The summed E-state index contributed by atoms with van der Waals surface area (Å²) in [6, 6.07) is 21.9. The lowest BCUT2D eigenvalue weighted by atomic mass is 9.90. The highest BCUT2D eigenvalue weighted by molar-refractivity contribution is 7.75. The molecule has 0 nitrogen and oxygen atoms in total. The first-order valence-corrected chi connectivity index (χ1v) is 9.42. The topological polar surface area (TPSA) is 0 Å². The van der Waals surface area contributed by atoms with Crippen LogP contribution in [0.1, 0.15) is 32.1 Å². The van der Waals surface area contributed by atoms with Gasteiger partial charge in [0.25, 0.3) is 0 Å². The molecule has 0 atom stereocenters. The van der Waals surface area contributed by atoms with E-state index in [1.807, 2.05) is 0 Å². The van der Waals surface area contributed by atoms with Gasteiger partial charge in [0, 0.05) is 0 Å². The second-order valence-corrected chi connectivity index (χ2v) is 7.85. The van der Waals surface area contributed by atoms with E-state index in [1.165, 1.54) is 42.7 Å². The van der Waals surface area contributed by atoms with Gasteiger partial charge in [0.05, 0.1) is 0 Å². The molecule has 108 valence electrons. The average Bonchev–Trinajstić information content (AvgIpc) is 2.58. The molecule has 0 saturated heterocycles. The number of hydrogen-bond donors (Lipinski definition) is 0. The maximum absolute atomic E-state index is 2.50. The van der Waals surface area contributed by atoms with E-state index >= 15 is 0 Å². The van der Waals surface area contributed by atoms with Gasteiger partial charge in [0.1, 0.15) is 0 Å². The van der Waals surface area contributed by atoms with Crippen LogP contribution in [0, 0.1) is 5.92 Å². The first kappa shape index (κ1) is 14.5. The second kappa shape index (κ2) is 7.57. The Bertz CT molecular complexity index is 513. The van der Waals surface area contributed by atoms with Crippen LogP contribution in [-0.4, -0.2) is 0 Å². The molecule has 0 unspecified atom stereocenters. The summed E-state index contributed by atoms with van der Waals surface area (Å²) in [5, 5.41) is 2.90. The lowest BCUT2D eigenvalue weighted by Gasteiger charge is -2.20. The highest BCUT2D eigenvalue weighted by Crippen LogP contribution is 2.37. The van der Waals surface area contributed by atoms with Gasteiger partial charge in [-0.25, -0.2) is 0 Å². The standard InChI is InChI=1S/C20H23P/c1-4-10-18(11-5-1)16-17-21(19-12-6-2-7-13-19)20-14-8-3-9-15-20/h2-3,6-9,12-18H,1,4-5,10-11H2/b17-16+. The third-order valence-electron chi connectivity index (χ3n) is 4.23. The summed E-state index contributed by atoms with van der Waals surface area (Å²) in [7, 11) is -0.356. The zero-order valence-corrected chi connectivity index (χ0v) is 13.4. The number of hydrogen-bond acceptors (Lipinski definition) is 0. The van der Waals surface area contributed by atoms with Crippen LogP contribution in [0.2, 0.25) is 0 Å². The summed E-state index contributed by atoms with van der Waals surface area (Å²) in [5.74, 6) is 3.30. The Morgan fingerprint density at radius 2 is 1.24 bits per heavy atom. The lowest BCUT2D eigenvalue weighted by molar-refractivity contribution is 0.420. The SMILES string of the molecule is C(=C\P(c1ccccc1)c1ccccc1)/C1CCCCC1. The molecule has 0 spiro atoms. The fraction of sp³-hybridized carbons (Fsp3) is 0.300. The van der Waals surface area contributed by atoms with E-state index in [0.29, 0.717) is 0 Å². The molecule has 1 fully saturated rings. The Morgan fingerprint density at radius 1 is 0.714 bits per heavy atom. The smallest absolute Gasteiger partial charge is 0.0157 e. The van der Waals surface area contributed by atoms with Gasteiger partial charge in [0.15, 0.2) is 0 Å². The van der Waals surface area contributed by atoms with Gasteiger partial charge >= 0.3 is 0 Å². The molecule has 3 rings (SSSR count). The second-order valence-electron chi connectivity index (χ2n) is 5.78. The third kappa shape index (κ3) is 4.05. The molecule has 0 heterocycles. The lowest BCUT2D eigenvalue weighted by Crippen LogP contribution is -2.10. The average molecular weight is 294 g/mol. The van der Waals surface area contributed by atoms with Gasteiger partial charge in [-0.3, -0.25) is 0 Å². The van der Waals surface area contributed by atoms with E-state index in [1.54, 1.807) is 0 Å². The first-order chi connectivity index (χ1) is 10.4. The Hall–Kier alpha value is -1.39. The minimum absolute atomic E-state index is 0.356. The Kier molecular flexibility index (Phi) is 5.24. The summed E-state index contributed by atoms with van der Waals surface area (Å²) in [6.45, 7) is 0. The van der Waals surface area contributed by atoms with Crippen LogP contribution in [0.5, 0.6) is 0 Å². The number of rotatable bonds is 4. The van der Waals surface area contributed by atoms with Crippen LogP contribution in [0.3, 0.4) is 0 Å². The van der Waals surface area contributed by atoms with Crippen LogP contribution >= 0.6 is 7.92 Å². The molecule has 0 bridgehead atoms. The van der Waals surface area contributed by atoms with Crippen molar-refractivity contribution in [2.24, 2.45) is 5.92 Å². The van der Waals surface area contributed by atoms with Crippen LogP contribution in [0.15, 0.2) is 72.6 Å². The summed E-state index contributed by atoms with van der Waals surface area (Å²) in [5.41, 5.74) is 0. The van der Waals surface area contributed by atoms with Crippen molar-refractivity contribution in [2.45, 2.75) is 32.1 Å². The van der Waals surface area contributed by atoms with E-state index in [0.717, 1.165) is 5.92 Å². The maximum Gasteiger partial charge on any atom is -0.0157 e. The molecule has 0 radical (unpaired) electrons. The van der Waals surface area contributed by atoms with Crippen molar-refractivity contribution >= 4 is 18.5 Å². The van der Waals surface area contributed by atoms with Crippen molar-refractivity contribution in [3.8, 4) is 0 Å². The molecule has 2 aromatic rings. The monoisotopic (exact) mass is 294 g/mol. The van der Waals surface area contributed by atoms with Crippen LogP contribution in [0.4, 0.5) is 0 Å². The zero-order valence-electron chi connectivity index (χ0n) is 12.5. The molecule has 0 N–H and O–H groups in total.